The fourth-order valence-corrected chi connectivity index (χ4v) is 3.92. The van der Waals surface area contributed by atoms with Gasteiger partial charge < -0.3 is 16.0 Å². The zero-order valence-electron chi connectivity index (χ0n) is 13.5. The summed E-state index contributed by atoms with van der Waals surface area (Å²) in [6.07, 6.45) is 4.05. The number of piperazine rings is 1. The molecule has 1 saturated heterocycles. The molecule has 1 saturated carbocycles. The molecule has 1 atom stereocenters. The smallest absolute Gasteiger partial charge is 0.238 e. The number of nitrogens with two attached hydrogens (primary N) is 1. The van der Waals surface area contributed by atoms with Gasteiger partial charge in [-0.15, -0.1) is 0 Å². The third kappa shape index (κ3) is 2.98. The predicted molar refractivity (Wildman–Crippen MR) is 88.5 cm³/mol. The minimum absolute atomic E-state index is 0.0319. The van der Waals surface area contributed by atoms with Crippen molar-refractivity contribution in [1.29, 1.82) is 0 Å². The van der Waals surface area contributed by atoms with Crippen LogP contribution in [0.4, 0.5) is 0 Å². The third-order valence-electron chi connectivity index (χ3n) is 5.28. The van der Waals surface area contributed by atoms with Crippen LogP contribution in [0.5, 0.6) is 0 Å². The van der Waals surface area contributed by atoms with E-state index in [1.807, 2.05) is 35.2 Å². The van der Waals surface area contributed by atoms with Crippen molar-refractivity contribution in [1.82, 2.24) is 10.2 Å². The topological polar surface area (TPSA) is 75.4 Å². The molecule has 1 aromatic rings. The maximum atomic E-state index is 13.3. The van der Waals surface area contributed by atoms with Crippen molar-refractivity contribution in [3.8, 4) is 0 Å². The SMILES string of the molecule is NC(=O)C1(C(=O)N2CCNCC2c2ccccc2)CCCCC1. The highest BCUT2D eigenvalue weighted by molar-refractivity contribution is 6.04. The summed E-state index contributed by atoms with van der Waals surface area (Å²) in [7, 11) is 0. The van der Waals surface area contributed by atoms with Gasteiger partial charge in [0.05, 0.1) is 6.04 Å². The molecule has 3 rings (SSSR count). The van der Waals surface area contributed by atoms with Crippen LogP contribution in [-0.2, 0) is 9.59 Å². The molecule has 1 heterocycles. The monoisotopic (exact) mass is 315 g/mol. The molecule has 2 aliphatic rings. The summed E-state index contributed by atoms with van der Waals surface area (Å²) in [6, 6.07) is 9.98. The molecular weight excluding hydrogens is 290 g/mol. The molecule has 124 valence electrons. The van der Waals surface area contributed by atoms with Crippen molar-refractivity contribution in [3.63, 3.8) is 0 Å². The second-order valence-corrected chi connectivity index (χ2v) is 6.64. The van der Waals surface area contributed by atoms with Crippen LogP contribution in [0.3, 0.4) is 0 Å². The molecule has 2 fully saturated rings. The fourth-order valence-electron chi connectivity index (χ4n) is 3.92. The standard InChI is InChI=1S/C18H25N3O2/c19-16(22)18(9-5-2-6-10-18)17(23)21-12-11-20-13-15(21)14-7-3-1-4-8-14/h1,3-4,7-8,15,20H,2,5-6,9-13H2,(H2,19,22). The van der Waals surface area contributed by atoms with Gasteiger partial charge in [0.15, 0.2) is 0 Å². The number of hydrogen-bond donors (Lipinski definition) is 2. The molecule has 1 aliphatic heterocycles. The van der Waals surface area contributed by atoms with Crippen LogP contribution in [0, 0.1) is 5.41 Å². The van der Waals surface area contributed by atoms with Crippen molar-refractivity contribution >= 4 is 11.8 Å². The number of benzene rings is 1. The van der Waals surface area contributed by atoms with Crippen LogP contribution in [0.1, 0.15) is 43.7 Å². The van der Waals surface area contributed by atoms with E-state index < -0.39 is 11.3 Å². The van der Waals surface area contributed by atoms with Crippen LogP contribution in [0.15, 0.2) is 30.3 Å². The Labute approximate surface area is 137 Å². The van der Waals surface area contributed by atoms with Crippen molar-refractivity contribution < 1.29 is 9.59 Å². The highest BCUT2D eigenvalue weighted by atomic mass is 16.2. The molecule has 1 unspecified atom stereocenters. The molecule has 23 heavy (non-hydrogen) atoms. The van der Waals surface area contributed by atoms with Crippen LogP contribution in [-0.4, -0.2) is 36.3 Å². The minimum Gasteiger partial charge on any atom is -0.369 e. The first-order chi connectivity index (χ1) is 11.1. The Morgan fingerprint density at radius 2 is 1.83 bits per heavy atom. The van der Waals surface area contributed by atoms with Crippen LogP contribution < -0.4 is 11.1 Å². The van der Waals surface area contributed by atoms with E-state index in [0.717, 1.165) is 31.4 Å². The van der Waals surface area contributed by atoms with E-state index in [4.69, 9.17) is 5.73 Å². The number of hydrogen-bond acceptors (Lipinski definition) is 3. The van der Waals surface area contributed by atoms with Crippen molar-refractivity contribution in [2.24, 2.45) is 11.1 Å². The van der Waals surface area contributed by atoms with Gasteiger partial charge in [0.2, 0.25) is 11.8 Å². The van der Waals surface area contributed by atoms with Crippen LogP contribution >= 0.6 is 0 Å². The number of primary amides is 1. The average Bonchev–Trinajstić information content (AvgIpc) is 2.62. The van der Waals surface area contributed by atoms with Gasteiger partial charge in [-0.1, -0.05) is 49.6 Å². The van der Waals surface area contributed by atoms with Gasteiger partial charge in [-0.3, -0.25) is 9.59 Å². The van der Waals surface area contributed by atoms with Crippen molar-refractivity contribution in [3.05, 3.63) is 35.9 Å². The fraction of sp³-hybridized carbons (Fsp3) is 0.556. The lowest BCUT2D eigenvalue weighted by atomic mass is 9.72. The van der Waals surface area contributed by atoms with Crippen LogP contribution in [0.2, 0.25) is 0 Å². The van der Waals surface area contributed by atoms with Gasteiger partial charge in [0, 0.05) is 19.6 Å². The highest BCUT2D eigenvalue weighted by Gasteiger charge is 2.48. The van der Waals surface area contributed by atoms with Gasteiger partial charge >= 0.3 is 0 Å². The first-order valence-electron chi connectivity index (χ1n) is 8.52. The molecule has 5 nitrogen and oxygen atoms in total. The first kappa shape index (κ1) is 16.0. The maximum absolute atomic E-state index is 13.3. The molecule has 0 bridgehead atoms. The zero-order chi connectivity index (χ0) is 16.3. The number of carbonyl (C=O) groups is 2. The van der Waals surface area contributed by atoms with E-state index in [1.165, 1.54) is 0 Å². The van der Waals surface area contributed by atoms with E-state index in [9.17, 15) is 9.59 Å². The van der Waals surface area contributed by atoms with E-state index in [0.29, 0.717) is 25.9 Å². The van der Waals surface area contributed by atoms with Gasteiger partial charge in [0.25, 0.3) is 0 Å². The summed E-state index contributed by atoms with van der Waals surface area (Å²) in [4.78, 5) is 27.3. The second-order valence-electron chi connectivity index (χ2n) is 6.64. The average molecular weight is 315 g/mol. The molecule has 0 spiro atoms. The molecule has 3 N–H and O–H groups in total. The third-order valence-corrected chi connectivity index (χ3v) is 5.28. The Balaban J connectivity index is 1.90. The molecule has 0 aromatic heterocycles. The van der Waals surface area contributed by atoms with Gasteiger partial charge in [-0.05, 0) is 18.4 Å². The van der Waals surface area contributed by atoms with Crippen molar-refractivity contribution in [2.75, 3.05) is 19.6 Å². The largest absolute Gasteiger partial charge is 0.369 e. The lowest BCUT2D eigenvalue weighted by Gasteiger charge is -2.43. The predicted octanol–water partition coefficient (Wildman–Crippen LogP) is 1.60. The Morgan fingerprint density at radius 3 is 2.48 bits per heavy atom. The number of nitrogens with zero attached hydrogens (tertiary/aromatic N) is 1. The lowest BCUT2D eigenvalue weighted by Crippen LogP contribution is -2.57. The van der Waals surface area contributed by atoms with Gasteiger partial charge in [0.1, 0.15) is 5.41 Å². The van der Waals surface area contributed by atoms with Gasteiger partial charge in [-0.2, -0.15) is 0 Å². The number of carbonyl (C=O) groups excluding carboxylic acids is 2. The number of nitrogens with one attached hydrogen (secondary N) is 1. The summed E-state index contributed by atoms with van der Waals surface area (Å²) in [6.45, 7) is 2.09. The Morgan fingerprint density at radius 1 is 1.13 bits per heavy atom. The summed E-state index contributed by atoms with van der Waals surface area (Å²) in [5.74, 6) is -0.521. The lowest BCUT2D eigenvalue weighted by molar-refractivity contribution is -0.154. The summed E-state index contributed by atoms with van der Waals surface area (Å²) < 4.78 is 0. The molecule has 5 heteroatoms. The Bertz CT molecular complexity index is 567. The van der Waals surface area contributed by atoms with E-state index in [-0.39, 0.29) is 11.9 Å². The number of amides is 2. The maximum Gasteiger partial charge on any atom is 0.238 e. The summed E-state index contributed by atoms with van der Waals surface area (Å²) in [5.41, 5.74) is 5.79. The van der Waals surface area contributed by atoms with Crippen molar-refractivity contribution in [2.45, 2.75) is 38.1 Å². The molecule has 2 amide bonds. The minimum atomic E-state index is -0.997. The van der Waals surface area contributed by atoms with Crippen LogP contribution in [0.25, 0.3) is 0 Å². The first-order valence-corrected chi connectivity index (χ1v) is 8.52. The molecule has 0 radical (unpaired) electrons. The Kier molecular flexibility index (Phi) is 4.66. The van der Waals surface area contributed by atoms with E-state index in [2.05, 4.69) is 5.32 Å². The normalized spacial score (nSPS) is 24.2. The molecule has 1 aromatic carbocycles. The molecule has 1 aliphatic carbocycles. The highest BCUT2D eigenvalue weighted by Crippen LogP contribution is 2.40. The second kappa shape index (κ2) is 6.71. The van der Waals surface area contributed by atoms with Gasteiger partial charge in [-0.25, -0.2) is 0 Å². The zero-order valence-corrected chi connectivity index (χ0v) is 13.5. The summed E-state index contributed by atoms with van der Waals surface area (Å²) in [5, 5.41) is 3.35. The number of rotatable bonds is 3. The quantitative estimate of drug-likeness (QED) is 0.832. The van der Waals surface area contributed by atoms with E-state index >= 15 is 0 Å². The van der Waals surface area contributed by atoms with E-state index in [1.54, 1.807) is 0 Å². The molecular formula is C18H25N3O2. The summed E-state index contributed by atoms with van der Waals surface area (Å²) >= 11 is 0. The Hall–Kier alpha value is -1.88.